The predicted molar refractivity (Wildman–Crippen MR) is 306 cm³/mol. The third-order valence-corrected chi connectivity index (χ3v) is 12.8. The topological polar surface area (TPSA) is 24.4 Å². The maximum Gasteiger partial charge on any atom is 0.106 e. The van der Waals surface area contributed by atoms with Gasteiger partial charge in [0, 0.05) is 35.0 Å². The van der Waals surface area contributed by atoms with E-state index in [-0.39, 0.29) is 0 Å². The number of aliphatic imine (C=N–C) groups is 1. The van der Waals surface area contributed by atoms with E-state index in [0.717, 1.165) is 67.2 Å². The molecule has 2 nitrogen and oxygen atoms in total. The van der Waals surface area contributed by atoms with Gasteiger partial charge in [0.1, 0.15) is 5.70 Å². The zero-order valence-electron chi connectivity index (χ0n) is 41.6. The fourth-order valence-corrected chi connectivity index (χ4v) is 9.57. The van der Waals surface area contributed by atoms with E-state index in [9.17, 15) is 0 Å². The molecule has 70 heavy (non-hydrogen) atoms. The van der Waals surface area contributed by atoms with Crippen LogP contribution in [-0.4, -0.2) is 6.21 Å². The van der Waals surface area contributed by atoms with Gasteiger partial charge in [-0.05, 0) is 142 Å². The average molecular weight is 909 g/mol. The van der Waals surface area contributed by atoms with Crippen molar-refractivity contribution in [2.45, 2.75) is 53.4 Å². The molecular weight excluding hydrogens is 845 g/mol. The summed E-state index contributed by atoms with van der Waals surface area (Å²) in [4.78, 5) is 4.93. The number of rotatable bonds is 16. The lowest BCUT2D eigenvalue weighted by Crippen LogP contribution is -2.29. The van der Waals surface area contributed by atoms with Crippen molar-refractivity contribution in [1.82, 2.24) is 0 Å². The van der Waals surface area contributed by atoms with E-state index < -0.39 is 5.41 Å². The van der Waals surface area contributed by atoms with Crippen molar-refractivity contribution in [3.8, 4) is 0 Å². The Labute approximate surface area is 417 Å². The smallest absolute Gasteiger partial charge is 0.106 e. The van der Waals surface area contributed by atoms with E-state index >= 15 is 0 Å². The summed E-state index contributed by atoms with van der Waals surface area (Å²) >= 11 is 0. The fraction of sp³-hybridized carbons (Fsp3) is 0.118. The summed E-state index contributed by atoms with van der Waals surface area (Å²) in [7, 11) is 0. The van der Waals surface area contributed by atoms with Crippen LogP contribution in [0.25, 0.3) is 21.9 Å². The van der Waals surface area contributed by atoms with Crippen LogP contribution in [0.4, 0.5) is 5.69 Å². The van der Waals surface area contributed by atoms with Crippen molar-refractivity contribution in [3.63, 3.8) is 0 Å². The van der Waals surface area contributed by atoms with E-state index in [4.69, 9.17) is 11.6 Å². The molecule has 346 valence electrons. The minimum atomic E-state index is -0.562. The highest BCUT2D eigenvalue weighted by Gasteiger charge is 2.48. The van der Waals surface area contributed by atoms with Crippen LogP contribution in [0.2, 0.25) is 0 Å². The molecule has 3 aliphatic carbocycles. The molecule has 0 bridgehead atoms. The molecule has 0 radical (unpaired) electrons. The molecule has 1 atom stereocenters. The highest BCUT2D eigenvalue weighted by molar-refractivity contribution is 5.96. The number of fused-ring (bicyclic) bond motifs is 2. The van der Waals surface area contributed by atoms with Crippen molar-refractivity contribution in [2.24, 2.45) is 4.99 Å². The summed E-state index contributed by atoms with van der Waals surface area (Å²) < 4.78 is 0. The molecule has 0 heterocycles. The molecule has 8 rings (SSSR count). The first-order valence-corrected chi connectivity index (χ1v) is 24.3. The number of nitrogens with one attached hydrogen (secondary N) is 1. The Kier molecular flexibility index (Phi) is 16.7. The first-order chi connectivity index (χ1) is 34.3. The number of allylic oxidation sites excluding steroid dienone is 24. The minimum absolute atomic E-state index is 0.562. The van der Waals surface area contributed by atoms with Crippen LogP contribution in [0.15, 0.2) is 305 Å². The Bertz CT molecular complexity index is 3250. The Balaban J connectivity index is 0.00000356. The standard InChI is InChI=1S/C66H58N2.C2H6/c1-8-12-15-27-47(5)60-45-54(46-65(60)68-64-37-24-31-51-30-20-21-34-58(51)64)53(40-41-67-57-39-38-52(44-57)50-28-16-13-17-29-50)42-48(6)49(7)43-61-59-35-22-23-36-63(59)66(62(61)11-4,55(25-9-2)26-10-3)56-32-18-14-19-33-56;1-2/h8-43,45,68H,1-2,7,46H2,3-6H3;1-2H3/b15-12-,26-10-,47-27+,48-42+,53-40+,55-25+,61-43-,62-11+,67-41?;. The van der Waals surface area contributed by atoms with Gasteiger partial charge in [-0.15, -0.1) is 0 Å². The third-order valence-electron chi connectivity index (χ3n) is 12.8. The number of nitrogens with zero attached hydrogens (tertiary/aromatic N) is 1. The second-order valence-electron chi connectivity index (χ2n) is 17.0. The van der Waals surface area contributed by atoms with Crippen LogP contribution in [0.3, 0.4) is 0 Å². The van der Waals surface area contributed by atoms with Crippen molar-refractivity contribution in [3.05, 3.63) is 322 Å². The van der Waals surface area contributed by atoms with Crippen LogP contribution in [-0.2, 0) is 5.41 Å². The number of hydrogen-bond acceptors (Lipinski definition) is 2. The summed E-state index contributed by atoms with van der Waals surface area (Å²) in [6, 6.07) is 44.9. The number of anilines is 1. The summed E-state index contributed by atoms with van der Waals surface area (Å²) in [6.07, 6.45) is 34.3. The number of hydrogen-bond donors (Lipinski definition) is 1. The predicted octanol–water partition coefficient (Wildman–Crippen LogP) is 18.2. The summed E-state index contributed by atoms with van der Waals surface area (Å²) in [5.74, 6) is 0. The normalized spacial score (nSPS) is 18.5. The van der Waals surface area contributed by atoms with Gasteiger partial charge in [0.25, 0.3) is 0 Å². The maximum atomic E-state index is 4.93. The molecular formula is C68H64N2. The summed E-state index contributed by atoms with van der Waals surface area (Å²) in [5.41, 5.74) is 21.6. The molecule has 0 spiro atoms. The van der Waals surface area contributed by atoms with Gasteiger partial charge in [0.2, 0.25) is 0 Å². The molecule has 0 amide bonds. The monoisotopic (exact) mass is 909 g/mol. The van der Waals surface area contributed by atoms with Crippen molar-refractivity contribution < 1.29 is 0 Å². The molecule has 0 saturated heterocycles. The van der Waals surface area contributed by atoms with Gasteiger partial charge in [-0.25, -0.2) is 4.99 Å². The second-order valence-corrected chi connectivity index (χ2v) is 17.0. The molecule has 0 aromatic heterocycles. The highest BCUT2D eigenvalue weighted by Crippen LogP contribution is 2.58. The first-order valence-electron chi connectivity index (χ1n) is 24.3. The van der Waals surface area contributed by atoms with Gasteiger partial charge in [0.15, 0.2) is 0 Å². The average Bonchev–Trinajstić information content (AvgIpc) is 4.13. The Morgan fingerprint density at radius 1 is 0.757 bits per heavy atom. The van der Waals surface area contributed by atoms with Gasteiger partial charge >= 0.3 is 0 Å². The molecule has 1 N–H and O–H groups in total. The molecule has 1 unspecified atom stereocenters. The quantitative estimate of drug-likeness (QED) is 0.0595. The largest absolute Gasteiger partial charge is 0.358 e. The third kappa shape index (κ3) is 10.5. The van der Waals surface area contributed by atoms with Crippen LogP contribution >= 0.6 is 0 Å². The van der Waals surface area contributed by atoms with Crippen LogP contribution in [0.5, 0.6) is 0 Å². The zero-order valence-corrected chi connectivity index (χ0v) is 41.6. The SMILES string of the molecule is C=C/C=C\C=C(/C)C1=C(Nc2cccc3ccccc23)CC(C(/C=C(\C)C(=C)/C=C2\C(=C/C)C(C(/C=C\C)=C/C=C)(c3ccccc3)c3ccccc32)=C/C=NC2=C=C(c3ccccc3)C=C2)=C1.CC. The lowest BCUT2D eigenvalue weighted by atomic mass is 9.66. The van der Waals surface area contributed by atoms with Gasteiger partial charge in [-0.1, -0.05) is 221 Å². The van der Waals surface area contributed by atoms with Gasteiger partial charge in [-0.2, -0.15) is 0 Å². The summed E-state index contributed by atoms with van der Waals surface area (Å²) in [5, 5.41) is 6.26. The lowest BCUT2D eigenvalue weighted by molar-refractivity contribution is 0.766. The van der Waals surface area contributed by atoms with Gasteiger partial charge in [-0.3, -0.25) is 0 Å². The molecule has 5 aromatic carbocycles. The minimum Gasteiger partial charge on any atom is -0.358 e. The Hall–Kier alpha value is -8.29. The second kappa shape index (κ2) is 23.6. The zero-order chi connectivity index (χ0) is 49.5. The lowest BCUT2D eigenvalue weighted by Gasteiger charge is -2.35. The van der Waals surface area contributed by atoms with E-state index in [1.165, 1.54) is 38.6 Å². The highest BCUT2D eigenvalue weighted by atomic mass is 14.9. The van der Waals surface area contributed by atoms with E-state index in [2.05, 4.69) is 222 Å². The molecule has 2 heteroatoms. The van der Waals surface area contributed by atoms with Crippen LogP contribution < -0.4 is 5.32 Å². The van der Waals surface area contributed by atoms with E-state index in [1.54, 1.807) is 6.08 Å². The molecule has 3 aliphatic rings. The fourth-order valence-electron chi connectivity index (χ4n) is 9.57. The van der Waals surface area contributed by atoms with Crippen LogP contribution in [0.1, 0.15) is 70.2 Å². The van der Waals surface area contributed by atoms with Gasteiger partial charge in [0.05, 0.1) is 5.41 Å². The Morgan fingerprint density at radius 3 is 2.21 bits per heavy atom. The first kappa shape index (κ1) is 49.6. The van der Waals surface area contributed by atoms with E-state index in [0.29, 0.717) is 6.42 Å². The maximum absolute atomic E-state index is 4.93. The molecule has 5 aromatic rings. The number of benzene rings is 5. The van der Waals surface area contributed by atoms with Gasteiger partial charge < -0.3 is 5.32 Å². The molecule has 0 fully saturated rings. The van der Waals surface area contributed by atoms with Crippen LogP contribution in [0, 0.1) is 0 Å². The molecule has 0 saturated carbocycles. The van der Waals surface area contributed by atoms with Crippen molar-refractivity contribution >= 4 is 33.8 Å². The Morgan fingerprint density at radius 2 is 1.47 bits per heavy atom. The van der Waals surface area contributed by atoms with Crippen molar-refractivity contribution in [2.75, 3.05) is 5.32 Å². The molecule has 0 aliphatic heterocycles. The van der Waals surface area contributed by atoms with E-state index in [1.807, 2.05) is 62.6 Å². The summed E-state index contributed by atoms with van der Waals surface area (Å²) in [6.45, 7) is 25.4. The van der Waals surface area contributed by atoms with Crippen molar-refractivity contribution in [1.29, 1.82) is 0 Å².